The second-order valence-electron chi connectivity index (χ2n) is 5.21. The third-order valence-electron chi connectivity index (χ3n) is 3.33. The maximum atomic E-state index is 5.56. The molecule has 0 spiro atoms. The van der Waals surface area contributed by atoms with Gasteiger partial charge in [-0.05, 0) is 37.5 Å². The van der Waals surface area contributed by atoms with Gasteiger partial charge >= 0.3 is 0 Å². The van der Waals surface area contributed by atoms with Crippen LogP contribution in [0.3, 0.4) is 0 Å². The molecule has 2 N–H and O–H groups in total. The Labute approximate surface area is 165 Å². The van der Waals surface area contributed by atoms with Crippen LogP contribution in [0.25, 0.3) is 11.5 Å². The SMILES string of the molecule is CN=C(NCCCSC)NCc1coc(-c2ccc(C)cc2)n1.I. The summed E-state index contributed by atoms with van der Waals surface area (Å²) in [5.74, 6) is 2.57. The number of hydrogen-bond acceptors (Lipinski definition) is 4. The predicted molar refractivity (Wildman–Crippen MR) is 113 cm³/mol. The highest BCUT2D eigenvalue weighted by Gasteiger charge is 2.07. The van der Waals surface area contributed by atoms with Gasteiger partial charge in [0.2, 0.25) is 5.89 Å². The number of nitrogens with zero attached hydrogens (tertiary/aromatic N) is 2. The Kier molecular flexibility index (Phi) is 9.85. The molecule has 0 bridgehead atoms. The molecule has 1 heterocycles. The topological polar surface area (TPSA) is 62.5 Å². The van der Waals surface area contributed by atoms with Crippen molar-refractivity contribution in [2.24, 2.45) is 4.99 Å². The maximum absolute atomic E-state index is 5.56. The summed E-state index contributed by atoms with van der Waals surface area (Å²) in [4.78, 5) is 8.72. The molecule has 24 heavy (non-hydrogen) atoms. The molecule has 0 aliphatic heterocycles. The lowest BCUT2D eigenvalue weighted by atomic mass is 10.1. The average Bonchev–Trinajstić information content (AvgIpc) is 3.04. The van der Waals surface area contributed by atoms with Crippen molar-refractivity contribution in [1.82, 2.24) is 15.6 Å². The van der Waals surface area contributed by atoms with Crippen LogP contribution < -0.4 is 10.6 Å². The first kappa shape index (κ1) is 20.8. The average molecular weight is 460 g/mol. The van der Waals surface area contributed by atoms with Crippen molar-refractivity contribution in [1.29, 1.82) is 0 Å². The van der Waals surface area contributed by atoms with Crippen molar-refractivity contribution in [2.45, 2.75) is 19.9 Å². The molecular formula is C17H25IN4OS. The third kappa shape index (κ3) is 6.72. The zero-order chi connectivity index (χ0) is 16.5. The molecule has 0 fully saturated rings. The van der Waals surface area contributed by atoms with E-state index in [1.165, 1.54) is 5.56 Å². The molecule has 0 amide bonds. The lowest BCUT2D eigenvalue weighted by Crippen LogP contribution is -2.37. The normalized spacial score (nSPS) is 11.0. The van der Waals surface area contributed by atoms with Crippen molar-refractivity contribution < 1.29 is 4.42 Å². The summed E-state index contributed by atoms with van der Waals surface area (Å²) in [7, 11) is 1.77. The van der Waals surface area contributed by atoms with E-state index in [1.807, 2.05) is 23.9 Å². The molecule has 0 radical (unpaired) electrons. The number of aromatic nitrogens is 1. The number of benzene rings is 1. The van der Waals surface area contributed by atoms with Gasteiger partial charge in [-0.25, -0.2) is 4.98 Å². The summed E-state index contributed by atoms with van der Waals surface area (Å²) < 4.78 is 5.56. The molecule has 0 saturated heterocycles. The van der Waals surface area contributed by atoms with Crippen LogP contribution in [0.5, 0.6) is 0 Å². The number of aliphatic imine (C=N–C) groups is 1. The highest BCUT2D eigenvalue weighted by atomic mass is 127. The number of guanidine groups is 1. The third-order valence-corrected chi connectivity index (χ3v) is 4.03. The van der Waals surface area contributed by atoms with Gasteiger partial charge in [0, 0.05) is 19.2 Å². The van der Waals surface area contributed by atoms with Gasteiger partial charge in [-0.1, -0.05) is 17.7 Å². The van der Waals surface area contributed by atoms with E-state index in [0.717, 1.165) is 35.9 Å². The number of aryl methyl sites for hydroxylation is 1. The van der Waals surface area contributed by atoms with Gasteiger partial charge in [-0.15, -0.1) is 24.0 Å². The molecule has 2 aromatic rings. The Bertz CT molecular complexity index is 628. The molecule has 0 aliphatic rings. The van der Waals surface area contributed by atoms with E-state index < -0.39 is 0 Å². The fraction of sp³-hybridized carbons (Fsp3) is 0.412. The zero-order valence-electron chi connectivity index (χ0n) is 14.3. The Morgan fingerprint density at radius 3 is 2.67 bits per heavy atom. The molecule has 132 valence electrons. The molecule has 1 aromatic carbocycles. The van der Waals surface area contributed by atoms with Crippen LogP contribution in [0.2, 0.25) is 0 Å². The van der Waals surface area contributed by atoms with Gasteiger partial charge < -0.3 is 15.1 Å². The van der Waals surface area contributed by atoms with Crippen LogP contribution in [-0.4, -0.2) is 36.5 Å². The van der Waals surface area contributed by atoms with Crippen molar-refractivity contribution >= 4 is 41.7 Å². The van der Waals surface area contributed by atoms with Gasteiger partial charge in [0.1, 0.15) is 6.26 Å². The minimum atomic E-state index is 0. The molecule has 0 aliphatic carbocycles. The van der Waals surface area contributed by atoms with Crippen molar-refractivity contribution in [3.05, 3.63) is 41.8 Å². The Balaban J connectivity index is 0.00000288. The van der Waals surface area contributed by atoms with E-state index in [1.54, 1.807) is 13.3 Å². The van der Waals surface area contributed by atoms with Crippen molar-refractivity contribution in [2.75, 3.05) is 25.6 Å². The van der Waals surface area contributed by atoms with Crippen molar-refractivity contribution in [3.8, 4) is 11.5 Å². The molecule has 0 unspecified atom stereocenters. The minimum Gasteiger partial charge on any atom is -0.444 e. The molecule has 0 saturated carbocycles. The van der Waals surface area contributed by atoms with Gasteiger partial charge in [0.25, 0.3) is 0 Å². The smallest absolute Gasteiger partial charge is 0.226 e. The number of hydrogen-bond donors (Lipinski definition) is 2. The zero-order valence-corrected chi connectivity index (χ0v) is 17.5. The first-order chi connectivity index (χ1) is 11.2. The Morgan fingerprint density at radius 1 is 1.25 bits per heavy atom. The highest BCUT2D eigenvalue weighted by molar-refractivity contribution is 14.0. The minimum absolute atomic E-state index is 0. The standard InChI is InChI=1S/C17H24N4OS.HI/c1-13-5-7-14(8-6-13)16-21-15(12-22-16)11-20-17(18-2)19-9-4-10-23-3;/h5-8,12H,4,9-11H2,1-3H3,(H2,18,19,20);1H. The van der Waals surface area contributed by atoms with Crippen LogP contribution >= 0.6 is 35.7 Å². The van der Waals surface area contributed by atoms with E-state index in [-0.39, 0.29) is 24.0 Å². The fourth-order valence-electron chi connectivity index (χ4n) is 2.04. The first-order valence-electron chi connectivity index (χ1n) is 7.68. The van der Waals surface area contributed by atoms with Crippen LogP contribution in [0.15, 0.2) is 39.9 Å². The van der Waals surface area contributed by atoms with Crippen LogP contribution in [-0.2, 0) is 6.54 Å². The van der Waals surface area contributed by atoms with Gasteiger partial charge in [-0.2, -0.15) is 11.8 Å². The molecule has 0 atom stereocenters. The van der Waals surface area contributed by atoms with Crippen LogP contribution in [0, 0.1) is 6.92 Å². The maximum Gasteiger partial charge on any atom is 0.226 e. The fourth-order valence-corrected chi connectivity index (χ4v) is 2.47. The number of halogens is 1. The van der Waals surface area contributed by atoms with Gasteiger partial charge in [0.05, 0.1) is 12.2 Å². The molecule has 2 rings (SSSR count). The first-order valence-corrected chi connectivity index (χ1v) is 9.07. The largest absolute Gasteiger partial charge is 0.444 e. The van der Waals surface area contributed by atoms with E-state index in [2.05, 4.69) is 45.9 Å². The predicted octanol–water partition coefficient (Wildman–Crippen LogP) is 3.69. The van der Waals surface area contributed by atoms with Crippen LogP contribution in [0.1, 0.15) is 17.7 Å². The molecule has 5 nitrogen and oxygen atoms in total. The van der Waals surface area contributed by atoms with Crippen LogP contribution in [0.4, 0.5) is 0 Å². The molecule has 1 aromatic heterocycles. The number of oxazole rings is 1. The quantitative estimate of drug-likeness (QED) is 0.286. The summed E-state index contributed by atoms with van der Waals surface area (Å²) >= 11 is 1.85. The van der Waals surface area contributed by atoms with E-state index in [9.17, 15) is 0 Å². The van der Waals surface area contributed by atoms with Gasteiger partial charge in [-0.3, -0.25) is 4.99 Å². The summed E-state index contributed by atoms with van der Waals surface area (Å²) in [6.07, 6.45) is 4.91. The Morgan fingerprint density at radius 2 is 2.00 bits per heavy atom. The summed E-state index contributed by atoms with van der Waals surface area (Å²) in [5.41, 5.74) is 3.06. The van der Waals surface area contributed by atoms with E-state index in [4.69, 9.17) is 4.42 Å². The number of nitrogens with one attached hydrogen (secondary N) is 2. The highest BCUT2D eigenvalue weighted by Crippen LogP contribution is 2.18. The lowest BCUT2D eigenvalue weighted by Gasteiger charge is -2.10. The summed E-state index contributed by atoms with van der Waals surface area (Å²) in [5, 5.41) is 6.53. The lowest BCUT2D eigenvalue weighted by molar-refractivity contribution is 0.572. The van der Waals surface area contributed by atoms with Crippen molar-refractivity contribution in [3.63, 3.8) is 0 Å². The van der Waals surface area contributed by atoms with E-state index in [0.29, 0.717) is 12.4 Å². The second-order valence-corrected chi connectivity index (χ2v) is 6.19. The monoisotopic (exact) mass is 460 g/mol. The number of rotatable bonds is 7. The van der Waals surface area contributed by atoms with E-state index >= 15 is 0 Å². The second kappa shape index (κ2) is 11.4. The van der Waals surface area contributed by atoms with Gasteiger partial charge in [0.15, 0.2) is 5.96 Å². The molecular weight excluding hydrogens is 435 g/mol. The number of thioether (sulfide) groups is 1. The summed E-state index contributed by atoms with van der Waals surface area (Å²) in [6.45, 7) is 3.55. The molecule has 7 heteroatoms. The Hall–Kier alpha value is -1.22. The summed E-state index contributed by atoms with van der Waals surface area (Å²) in [6, 6.07) is 8.14.